The maximum Gasteiger partial charge on any atom is 0.242 e. The molecule has 11 heavy (non-hydrogen) atoms. The van der Waals surface area contributed by atoms with Gasteiger partial charge in [0.1, 0.15) is 0 Å². The Morgan fingerprint density at radius 3 is 3.18 bits per heavy atom. The molecule has 0 bridgehead atoms. The number of thioether (sulfide) groups is 1. The highest BCUT2D eigenvalue weighted by atomic mass is 35.5. The third-order valence-electron chi connectivity index (χ3n) is 1.25. The van der Waals surface area contributed by atoms with E-state index in [1.54, 1.807) is 11.8 Å². The van der Waals surface area contributed by atoms with E-state index in [0.717, 1.165) is 12.2 Å². The number of hydrogen-bond acceptors (Lipinski definition) is 4. The van der Waals surface area contributed by atoms with E-state index in [9.17, 15) is 0 Å². The normalized spacial score (nSPS) is 28.2. The van der Waals surface area contributed by atoms with Crippen molar-refractivity contribution in [1.29, 1.82) is 0 Å². The van der Waals surface area contributed by atoms with Crippen molar-refractivity contribution in [1.82, 2.24) is 5.43 Å². The van der Waals surface area contributed by atoms with Crippen molar-refractivity contribution in [3.05, 3.63) is 0 Å². The molecule has 1 aliphatic rings. The van der Waals surface area contributed by atoms with E-state index in [2.05, 4.69) is 10.5 Å². The van der Waals surface area contributed by atoms with E-state index in [4.69, 9.17) is 16.3 Å². The highest BCUT2D eigenvalue weighted by molar-refractivity contribution is 8.00. The van der Waals surface area contributed by atoms with Crippen molar-refractivity contribution in [2.24, 2.45) is 5.10 Å². The summed E-state index contributed by atoms with van der Waals surface area (Å²) >= 11 is 7.19. The Morgan fingerprint density at radius 1 is 1.82 bits per heavy atom. The van der Waals surface area contributed by atoms with Crippen molar-refractivity contribution in [2.75, 3.05) is 11.6 Å². The fraction of sp³-hybridized carbons (Fsp3) is 0.833. The maximum absolute atomic E-state index is 5.53. The summed E-state index contributed by atoms with van der Waals surface area (Å²) in [5, 5.41) is 3.40. The van der Waals surface area contributed by atoms with Crippen LogP contribution in [0.25, 0.3) is 0 Å². The molecule has 0 spiro atoms. The Labute approximate surface area is 75.5 Å². The average Bonchev–Trinajstić information content (AvgIpc) is 2.38. The molecule has 0 aliphatic carbocycles. The van der Waals surface area contributed by atoms with Crippen molar-refractivity contribution in [3.8, 4) is 0 Å². The van der Waals surface area contributed by atoms with Crippen molar-refractivity contribution in [3.63, 3.8) is 0 Å². The van der Waals surface area contributed by atoms with Crippen LogP contribution in [0.2, 0.25) is 0 Å². The first-order valence-electron chi connectivity index (χ1n) is 3.43. The quantitative estimate of drug-likeness (QED) is 0.545. The van der Waals surface area contributed by atoms with Gasteiger partial charge >= 0.3 is 0 Å². The molecule has 1 atom stereocenters. The van der Waals surface area contributed by atoms with E-state index < -0.39 is 0 Å². The Kier molecular flexibility index (Phi) is 3.33. The zero-order valence-electron chi connectivity index (χ0n) is 6.34. The first-order chi connectivity index (χ1) is 5.27. The Morgan fingerprint density at radius 2 is 2.64 bits per heavy atom. The summed E-state index contributed by atoms with van der Waals surface area (Å²) in [5.74, 6) is 1.68. The predicted octanol–water partition coefficient (Wildman–Crippen LogP) is 1.59. The highest BCUT2D eigenvalue weighted by Gasteiger charge is 2.27. The van der Waals surface area contributed by atoms with Gasteiger partial charge in [-0.15, -0.1) is 16.7 Å². The van der Waals surface area contributed by atoms with Gasteiger partial charge in [0.05, 0.1) is 0 Å². The fourth-order valence-corrected chi connectivity index (χ4v) is 1.88. The summed E-state index contributed by atoms with van der Waals surface area (Å²) in [7, 11) is 0. The molecule has 1 N–H and O–H groups in total. The standard InChI is InChI=1S/C6H11ClN2OS/c1-6(9-8-5-10-6)11-4-2-3-7/h5,9H,2-4H2,1H3/t6-/m0/s1. The van der Waals surface area contributed by atoms with Crippen LogP contribution in [-0.4, -0.2) is 23.1 Å². The smallest absolute Gasteiger partial charge is 0.242 e. The van der Waals surface area contributed by atoms with E-state index in [1.807, 2.05) is 6.92 Å². The molecular formula is C6H11ClN2OS. The molecule has 0 saturated carbocycles. The van der Waals surface area contributed by atoms with Crippen LogP contribution < -0.4 is 5.43 Å². The van der Waals surface area contributed by atoms with Gasteiger partial charge in [-0.3, -0.25) is 5.43 Å². The minimum Gasteiger partial charge on any atom is -0.446 e. The maximum atomic E-state index is 5.53. The van der Waals surface area contributed by atoms with Gasteiger partial charge in [-0.25, -0.2) is 0 Å². The van der Waals surface area contributed by atoms with Crippen molar-refractivity contribution in [2.45, 2.75) is 18.4 Å². The molecule has 1 heterocycles. The zero-order valence-corrected chi connectivity index (χ0v) is 7.91. The Hall–Kier alpha value is -0.0900. The van der Waals surface area contributed by atoms with Crippen LogP contribution in [0.4, 0.5) is 0 Å². The van der Waals surface area contributed by atoms with Crippen LogP contribution >= 0.6 is 23.4 Å². The van der Waals surface area contributed by atoms with Gasteiger partial charge in [0.15, 0.2) is 6.40 Å². The molecule has 64 valence electrons. The number of nitrogens with one attached hydrogen (secondary N) is 1. The first-order valence-corrected chi connectivity index (χ1v) is 4.95. The topological polar surface area (TPSA) is 33.6 Å². The molecule has 0 saturated heterocycles. The number of hydrogen-bond donors (Lipinski definition) is 1. The summed E-state index contributed by atoms with van der Waals surface area (Å²) < 4.78 is 5.20. The minimum atomic E-state index is -0.369. The molecule has 0 aromatic rings. The summed E-state index contributed by atoms with van der Waals surface area (Å²) in [6.07, 6.45) is 2.42. The second-order valence-corrected chi connectivity index (χ2v) is 4.15. The predicted molar refractivity (Wildman–Crippen MR) is 48.9 cm³/mol. The molecule has 0 radical (unpaired) electrons. The van der Waals surface area contributed by atoms with Gasteiger partial charge in [0, 0.05) is 18.6 Å². The van der Waals surface area contributed by atoms with Gasteiger partial charge in [-0.2, -0.15) is 0 Å². The lowest BCUT2D eigenvalue weighted by atomic mass is 10.6. The molecule has 0 aromatic heterocycles. The van der Waals surface area contributed by atoms with E-state index in [-0.39, 0.29) is 5.06 Å². The minimum absolute atomic E-state index is 0.369. The summed E-state index contributed by atoms with van der Waals surface area (Å²) in [6, 6.07) is 0. The van der Waals surface area contributed by atoms with E-state index in [0.29, 0.717) is 5.88 Å². The lowest BCUT2D eigenvalue weighted by Gasteiger charge is -2.21. The monoisotopic (exact) mass is 194 g/mol. The number of ether oxygens (including phenoxy) is 1. The van der Waals surface area contributed by atoms with Crippen LogP contribution in [0.3, 0.4) is 0 Å². The third kappa shape index (κ3) is 2.79. The third-order valence-corrected chi connectivity index (χ3v) is 2.75. The Bertz CT molecular complexity index is 146. The number of alkyl halides is 1. The summed E-state index contributed by atoms with van der Waals surface area (Å²) in [5.41, 5.74) is 2.86. The van der Waals surface area contributed by atoms with Crippen LogP contribution in [0, 0.1) is 0 Å². The van der Waals surface area contributed by atoms with Gasteiger partial charge < -0.3 is 4.74 Å². The second kappa shape index (κ2) is 4.07. The number of rotatable bonds is 4. The average molecular weight is 195 g/mol. The van der Waals surface area contributed by atoms with Gasteiger partial charge in [-0.05, 0) is 6.42 Å². The number of nitrogens with zero attached hydrogens (tertiary/aromatic N) is 1. The van der Waals surface area contributed by atoms with E-state index >= 15 is 0 Å². The number of halogens is 1. The highest BCUT2D eigenvalue weighted by Crippen LogP contribution is 2.25. The Balaban J connectivity index is 2.14. The molecular weight excluding hydrogens is 184 g/mol. The number of hydrazone groups is 1. The summed E-state index contributed by atoms with van der Waals surface area (Å²) in [4.78, 5) is 0. The molecule has 3 nitrogen and oxygen atoms in total. The lowest BCUT2D eigenvalue weighted by Crippen LogP contribution is -2.33. The largest absolute Gasteiger partial charge is 0.446 e. The van der Waals surface area contributed by atoms with Gasteiger partial charge in [-0.1, -0.05) is 11.8 Å². The van der Waals surface area contributed by atoms with Crippen LogP contribution in [0.15, 0.2) is 5.10 Å². The summed E-state index contributed by atoms with van der Waals surface area (Å²) in [6.45, 7) is 1.94. The molecule has 0 unspecified atom stereocenters. The second-order valence-electron chi connectivity index (χ2n) is 2.30. The van der Waals surface area contributed by atoms with Gasteiger partial charge in [0.2, 0.25) is 5.06 Å². The molecule has 1 rings (SSSR count). The van der Waals surface area contributed by atoms with Crippen molar-refractivity contribution < 1.29 is 4.74 Å². The first kappa shape index (κ1) is 9.00. The zero-order chi connectivity index (χ0) is 8.16. The molecule has 0 amide bonds. The molecule has 5 heteroatoms. The lowest BCUT2D eigenvalue weighted by molar-refractivity contribution is 0.178. The molecule has 0 fully saturated rings. The molecule has 0 aromatic carbocycles. The van der Waals surface area contributed by atoms with Gasteiger partial charge in [0.25, 0.3) is 0 Å². The molecule has 1 aliphatic heterocycles. The van der Waals surface area contributed by atoms with Crippen LogP contribution in [0.1, 0.15) is 13.3 Å². The van der Waals surface area contributed by atoms with E-state index in [1.165, 1.54) is 6.40 Å². The fourth-order valence-electron chi connectivity index (χ4n) is 0.685. The van der Waals surface area contributed by atoms with Crippen molar-refractivity contribution >= 4 is 29.8 Å². The van der Waals surface area contributed by atoms with Crippen LogP contribution in [0.5, 0.6) is 0 Å². The SMILES string of the molecule is C[C@]1(SCCCCl)NN=CO1. The van der Waals surface area contributed by atoms with Crippen LogP contribution in [-0.2, 0) is 4.74 Å².